The SMILES string of the molecule is C#CCCC(NC(=O)[C@@H]1[C@@H]2[C@H](CN1C(=O)[C@@H](NC(=O)N[C@H](CN(C)c1c(C3CC3)c(=O)c1=O)C1CCCCC1)C1CCCCC1)C2(C)C)C(=O)C(=O)NCC=C. The number of amides is 5. The Morgan fingerprint density at radius 2 is 1.57 bits per heavy atom. The smallest absolute Gasteiger partial charge is 0.315 e. The van der Waals surface area contributed by atoms with Gasteiger partial charge in [-0.05, 0) is 80.0 Å². The highest BCUT2D eigenvalue weighted by Gasteiger charge is 2.69. The summed E-state index contributed by atoms with van der Waals surface area (Å²) in [6.45, 7) is 8.49. The number of nitrogens with zero attached hydrogens (tertiary/aromatic N) is 2. The van der Waals surface area contributed by atoms with E-state index in [0.717, 1.165) is 77.0 Å². The molecule has 13 heteroatoms. The van der Waals surface area contributed by atoms with E-state index in [0.29, 0.717) is 24.3 Å². The van der Waals surface area contributed by atoms with Crippen molar-refractivity contribution in [2.24, 2.45) is 29.1 Å². The van der Waals surface area contributed by atoms with Crippen LogP contribution < -0.4 is 37.0 Å². The molecular weight excluding hydrogens is 713 g/mol. The van der Waals surface area contributed by atoms with Crippen molar-refractivity contribution in [3.63, 3.8) is 0 Å². The Labute approximate surface area is 330 Å². The fourth-order valence-corrected chi connectivity index (χ4v) is 10.1. The first kappa shape index (κ1) is 41.2. The summed E-state index contributed by atoms with van der Waals surface area (Å²) in [4.78, 5) is 97.6. The Bertz CT molecular complexity index is 1790. The van der Waals surface area contributed by atoms with Crippen molar-refractivity contribution in [2.45, 2.75) is 134 Å². The molecule has 4 saturated carbocycles. The van der Waals surface area contributed by atoms with Crippen LogP contribution in [-0.2, 0) is 19.2 Å². The molecule has 6 atom stereocenters. The first-order chi connectivity index (χ1) is 26.8. The van der Waals surface area contributed by atoms with Crippen molar-refractivity contribution in [1.82, 2.24) is 26.2 Å². The molecule has 0 aromatic heterocycles. The van der Waals surface area contributed by atoms with Crippen LogP contribution in [0.4, 0.5) is 10.5 Å². The zero-order valence-electron chi connectivity index (χ0n) is 33.3. The van der Waals surface area contributed by atoms with Gasteiger partial charge in [-0.2, -0.15) is 0 Å². The average Bonchev–Trinajstić information content (AvgIpc) is 4.07. The Balaban J connectivity index is 1.20. The Kier molecular flexibility index (Phi) is 12.8. The number of hydrogen-bond donors (Lipinski definition) is 4. The number of hydrogen-bond acceptors (Lipinski definition) is 8. The van der Waals surface area contributed by atoms with Gasteiger partial charge in [0.05, 0.1) is 17.8 Å². The van der Waals surface area contributed by atoms with E-state index >= 15 is 0 Å². The molecule has 5 amide bonds. The molecule has 1 aliphatic heterocycles. The fourth-order valence-electron chi connectivity index (χ4n) is 10.1. The summed E-state index contributed by atoms with van der Waals surface area (Å²) in [7, 11) is 1.82. The number of fused-ring (bicyclic) bond motifs is 1. The molecule has 5 fully saturated rings. The maximum Gasteiger partial charge on any atom is 0.315 e. The molecule has 0 bridgehead atoms. The van der Waals surface area contributed by atoms with Gasteiger partial charge in [0.2, 0.25) is 28.5 Å². The van der Waals surface area contributed by atoms with Crippen LogP contribution in [0.1, 0.15) is 115 Å². The first-order valence-corrected chi connectivity index (χ1v) is 20.9. The van der Waals surface area contributed by atoms with E-state index in [2.05, 4.69) is 47.6 Å². The second-order valence-corrected chi connectivity index (χ2v) is 17.6. The zero-order chi connectivity index (χ0) is 40.3. The summed E-state index contributed by atoms with van der Waals surface area (Å²) in [5.74, 6) is 0.0510. The molecule has 13 nitrogen and oxygen atoms in total. The van der Waals surface area contributed by atoms with Gasteiger partial charge in [-0.25, -0.2) is 4.79 Å². The highest BCUT2D eigenvalue weighted by atomic mass is 16.2. The summed E-state index contributed by atoms with van der Waals surface area (Å²) in [5.41, 5.74) is 0.0279. The van der Waals surface area contributed by atoms with Crippen molar-refractivity contribution in [1.29, 1.82) is 0 Å². The maximum atomic E-state index is 14.8. The Morgan fingerprint density at radius 1 is 0.929 bits per heavy atom. The van der Waals surface area contributed by atoms with Crippen LogP contribution in [0.25, 0.3) is 0 Å². The van der Waals surface area contributed by atoms with Gasteiger partial charge in [-0.1, -0.05) is 58.4 Å². The zero-order valence-corrected chi connectivity index (χ0v) is 33.3. The number of ketones is 1. The molecule has 4 aliphatic carbocycles. The number of nitrogens with one attached hydrogen (secondary N) is 4. The third kappa shape index (κ3) is 8.59. The van der Waals surface area contributed by atoms with E-state index in [1.54, 1.807) is 4.90 Å². The lowest BCUT2D eigenvalue weighted by Crippen LogP contribution is -2.61. The lowest BCUT2D eigenvalue weighted by Gasteiger charge is -2.38. The van der Waals surface area contributed by atoms with E-state index in [1.165, 1.54) is 6.08 Å². The minimum Gasteiger partial charge on any atom is -0.369 e. The Morgan fingerprint density at radius 3 is 2.18 bits per heavy atom. The number of anilines is 1. The van der Waals surface area contributed by atoms with E-state index in [9.17, 15) is 33.6 Å². The van der Waals surface area contributed by atoms with Gasteiger partial charge in [0, 0.05) is 38.7 Å². The van der Waals surface area contributed by atoms with E-state index in [1.807, 2.05) is 11.9 Å². The van der Waals surface area contributed by atoms with Crippen molar-refractivity contribution in [2.75, 3.05) is 31.6 Å². The van der Waals surface area contributed by atoms with Crippen LogP contribution in [0.3, 0.4) is 0 Å². The van der Waals surface area contributed by atoms with E-state index < -0.39 is 47.2 Å². The standard InChI is InChI=1S/C43H60N6O7/c1-6-8-19-29(36(50)40(54)44-22-7-2)45-39(53)35-32-28(43(32,3)4)23-49(35)41(55)33(27-17-13-10-14-18-27)47-42(56)46-30(25-15-11-9-12-16-25)24-48(5)34-31(26-20-21-26)37(51)38(34)52/h1,7,25-30,32-33,35H,2,8-24H2,3-5H3,(H,44,54)(H,45,53)(H2,46,47,56)/t28-,29?,30+,32-,33-,35-/m0/s1. The van der Waals surface area contributed by atoms with Crippen LogP contribution in [-0.4, -0.2) is 85.3 Å². The van der Waals surface area contributed by atoms with E-state index in [4.69, 9.17) is 6.42 Å². The molecule has 304 valence electrons. The quantitative estimate of drug-likeness (QED) is 0.106. The minimum atomic E-state index is -1.17. The predicted octanol–water partition coefficient (Wildman–Crippen LogP) is 3.05. The van der Waals surface area contributed by atoms with Crippen LogP contribution in [0.5, 0.6) is 0 Å². The van der Waals surface area contributed by atoms with E-state index in [-0.39, 0.29) is 71.8 Å². The summed E-state index contributed by atoms with van der Waals surface area (Å²) >= 11 is 0. The molecule has 1 heterocycles. The molecule has 0 spiro atoms. The minimum absolute atomic E-state index is 0.0564. The van der Waals surface area contributed by atoms with Crippen molar-refractivity contribution < 1.29 is 24.0 Å². The lowest BCUT2D eigenvalue weighted by molar-refractivity contribution is -0.144. The molecule has 5 aliphatic rings. The third-order valence-corrected chi connectivity index (χ3v) is 13.6. The van der Waals surface area contributed by atoms with Gasteiger partial charge < -0.3 is 31.1 Å². The number of terminal acetylenes is 1. The number of likely N-dealkylation sites (tertiary alicyclic amines) is 1. The van der Waals surface area contributed by atoms with Gasteiger partial charge >= 0.3 is 6.03 Å². The Hall–Kier alpha value is -4.47. The monoisotopic (exact) mass is 772 g/mol. The third-order valence-electron chi connectivity index (χ3n) is 13.6. The molecule has 1 saturated heterocycles. The first-order valence-electron chi connectivity index (χ1n) is 20.9. The number of Topliss-reactive ketones (excluding diaryl/α,β-unsaturated/α-hetero) is 1. The number of rotatable bonds is 17. The summed E-state index contributed by atoms with van der Waals surface area (Å²) in [6.07, 6.45) is 18.4. The van der Waals surface area contributed by atoms with Gasteiger partial charge in [0.15, 0.2) is 0 Å². The number of urea groups is 1. The maximum absolute atomic E-state index is 14.8. The van der Waals surface area contributed by atoms with Crippen LogP contribution in [0.15, 0.2) is 22.2 Å². The predicted molar refractivity (Wildman–Crippen MR) is 213 cm³/mol. The molecule has 1 aromatic rings. The van der Waals surface area contributed by atoms with Gasteiger partial charge in [0.25, 0.3) is 5.91 Å². The van der Waals surface area contributed by atoms with Crippen molar-refractivity contribution in [3.05, 3.63) is 38.7 Å². The molecule has 1 unspecified atom stereocenters. The molecule has 6 rings (SSSR count). The molecule has 0 radical (unpaired) electrons. The number of carbonyl (C=O) groups excluding carboxylic acids is 5. The second-order valence-electron chi connectivity index (χ2n) is 17.6. The lowest BCUT2D eigenvalue weighted by atomic mass is 9.82. The fraction of sp³-hybridized carbons (Fsp3) is 0.698. The highest BCUT2D eigenvalue weighted by Crippen LogP contribution is 2.65. The van der Waals surface area contributed by atoms with Crippen LogP contribution in [0, 0.1) is 41.4 Å². The topological polar surface area (TPSA) is 174 Å². The van der Waals surface area contributed by atoms with Gasteiger partial charge in [0.1, 0.15) is 12.1 Å². The van der Waals surface area contributed by atoms with Gasteiger partial charge in [-0.15, -0.1) is 18.9 Å². The number of likely N-dealkylation sites (N-methyl/N-ethyl adjacent to an activating group) is 1. The summed E-state index contributed by atoms with van der Waals surface area (Å²) in [5, 5.41) is 11.6. The van der Waals surface area contributed by atoms with Gasteiger partial charge in [-0.3, -0.25) is 28.8 Å². The number of carbonyl (C=O) groups is 5. The summed E-state index contributed by atoms with van der Waals surface area (Å²) in [6, 6.07) is -3.73. The number of piperidine rings is 1. The molecular formula is C43H60N6O7. The summed E-state index contributed by atoms with van der Waals surface area (Å²) < 4.78 is 0. The largest absolute Gasteiger partial charge is 0.369 e. The molecule has 56 heavy (non-hydrogen) atoms. The van der Waals surface area contributed by atoms with Crippen LogP contribution in [0.2, 0.25) is 0 Å². The van der Waals surface area contributed by atoms with Crippen molar-refractivity contribution in [3.8, 4) is 12.3 Å². The molecule has 4 N–H and O–H groups in total. The normalized spacial score (nSPS) is 24.8. The second kappa shape index (κ2) is 17.3. The molecule has 1 aromatic carbocycles. The van der Waals surface area contributed by atoms with Crippen molar-refractivity contribution >= 4 is 35.2 Å². The average molecular weight is 773 g/mol. The highest BCUT2D eigenvalue weighted by molar-refractivity contribution is 6.38. The van der Waals surface area contributed by atoms with Crippen LogP contribution >= 0.6 is 0 Å².